The lowest BCUT2D eigenvalue weighted by Crippen LogP contribution is -2.38. The molecule has 0 aromatic heterocycles. The Morgan fingerprint density at radius 1 is 0.950 bits per heavy atom. The quantitative estimate of drug-likeness (QED) is 0.302. The van der Waals surface area contributed by atoms with Gasteiger partial charge in [-0.2, -0.15) is 0 Å². The molecule has 0 radical (unpaired) electrons. The molecule has 0 amide bonds. The number of carbonyl (C=O) groups is 1. The van der Waals surface area contributed by atoms with E-state index < -0.39 is 5.97 Å². The van der Waals surface area contributed by atoms with Crippen molar-refractivity contribution in [2.24, 2.45) is 0 Å². The number of nitrogens with zero attached hydrogens (tertiary/aromatic N) is 2. The maximum Gasteiger partial charge on any atom is 0.305 e. The standard InChI is InChI=1S/C31H34ClFN2O5/c1-2-38-27-11-12-29(33)30(19-27)34-15-13-26(14-16-34)39-25-9-5-22(6-10-25)35-20-28(17-23(35)18-31(36)37)40-24-7-3-21(32)4-8-24/h3-12,19,23,26,28H,2,13-18,20H2,1H3,(H,36,37)/t23-,28-/m1/s1. The third kappa shape index (κ3) is 6.91. The number of piperidine rings is 1. The van der Waals surface area contributed by atoms with E-state index in [9.17, 15) is 14.3 Å². The van der Waals surface area contributed by atoms with Crippen LogP contribution in [0, 0.1) is 5.82 Å². The number of carboxylic acid groups (broad SMARTS) is 1. The lowest BCUT2D eigenvalue weighted by atomic mass is 10.1. The predicted octanol–water partition coefficient (Wildman–Crippen LogP) is 6.43. The summed E-state index contributed by atoms with van der Waals surface area (Å²) in [5.74, 6) is 1.06. The summed E-state index contributed by atoms with van der Waals surface area (Å²) in [4.78, 5) is 15.7. The molecule has 7 nitrogen and oxygen atoms in total. The fraction of sp³-hybridized carbons (Fsp3) is 0.387. The second kappa shape index (κ2) is 12.7. The maximum absolute atomic E-state index is 14.5. The fourth-order valence-electron chi connectivity index (χ4n) is 5.49. The SMILES string of the molecule is CCOc1ccc(F)c(N2CCC(Oc3ccc(N4C[C@H](Oc5ccc(Cl)cc5)C[C@@H]4CC(=O)O)cc3)CC2)c1. The number of carboxylic acids is 1. The van der Waals surface area contributed by atoms with Gasteiger partial charge in [0.05, 0.1) is 25.3 Å². The average Bonchev–Trinajstić information content (AvgIpc) is 3.33. The average molecular weight is 569 g/mol. The molecule has 1 N–H and O–H groups in total. The topological polar surface area (TPSA) is 71.5 Å². The first-order valence-corrected chi connectivity index (χ1v) is 14.1. The van der Waals surface area contributed by atoms with Gasteiger partial charge in [-0.3, -0.25) is 4.79 Å². The molecule has 212 valence electrons. The lowest BCUT2D eigenvalue weighted by Gasteiger charge is -2.34. The molecule has 3 aromatic rings. The number of anilines is 2. The van der Waals surface area contributed by atoms with Gasteiger partial charge in [0.1, 0.15) is 35.3 Å². The predicted molar refractivity (Wildman–Crippen MR) is 154 cm³/mol. The van der Waals surface area contributed by atoms with Gasteiger partial charge in [-0.05, 0) is 67.6 Å². The van der Waals surface area contributed by atoms with Crippen LogP contribution in [0.25, 0.3) is 0 Å². The monoisotopic (exact) mass is 568 g/mol. The summed E-state index contributed by atoms with van der Waals surface area (Å²) in [5, 5.41) is 10.1. The molecule has 3 aromatic carbocycles. The first kappa shape index (κ1) is 27.9. The summed E-state index contributed by atoms with van der Waals surface area (Å²) in [6, 6.07) is 19.7. The summed E-state index contributed by atoms with van der Waals surface area (Å²) < 4.78 is 32.4. The van der Waals surface area contributed by atoms with Crippen LogP contribution in [0.2, 0.25) is 5.02 Å². The minimum absolute atomic E-state index is 0.0314. The minimum atomic E-state index is -0.835. The highest BCUT2D eigenvalue weighted by atomic mass is 35.5. The van der Waals surface area contributed by atoms with Gasteiger partial charge in [-0.1, -0.05) is 11.6 Å². The normalized spacial score (nSPS) is 19.5. The fourth-order valence-corrected chi connectivity index (χ4v) is 5.62. The lowest BCUT2D eigenvalue weighted by molar-refractivity contribution is -0.137. The van der Waals surface area contributed by atoms with E-state index in [1.807, 2.05) is 48.2 Å². The second-order valence-corrected chi connectivity index (χ2v) is 10.6. The largest absolute Gasteiger partial charge is 0.494 e. The highest BCUT2D eigenvalue weighted by Gasteiger charge is 2.35. The maximum atomic E-state index is 14.5. The Kier molecular flexibility index (Phi) is 8.85. The summed E-state index contributed by atoms with van der Waals surface area (Å²) in [6.07, 6.45) is 2.09. The van der Waals surface area contributed by atoms with Crippen molar-refractivity contribution in [2.75, 3.05) is 36.0 Å². The van der Waals surface area contributed by atoms with Gasteiger partial charge in [-0.25, -0.2) is 4.39 Å². The molecule has 0 spiro atoms. The van der Waals surface area contributed by atoms with Crippen LogP contribution in [0.15, 0.2) is 66.7 Å². The summed E-state index contributed by atoms with van der Waals surface area (Å²) in [6.45, 7) is 4.41. The Balaban J connectivity index is 1.18. The van der Waals surface area contributed by atoms with Crippen LogP contribution < -0.4 is 24.0 Å². The van der Waals surface area contributed by atoms with Crippen molar-refractivity contribution in [3.63, 3.8) is 0 Å². The molecular weight excluding hydrogens is 535 g/mol. The van der Waals surface area contributed by atoms with Crippen molar-refractivity contribution in [1.29, 1.82) is 0 Å². The highest BCUT2D eigenvalue weighted by molar-refractivity contribution is 6.30. The van der Waals surface area contributed by atoms with E-state index >= 15 is 0 Å². The molecule has 5 rings (SSSR count). The molecule has 2 heterocycles. The van der Waals surface area contributed by atoms with E-state index in [4.69, 9.17) is 25.8 Å². The number of aliphatic carboxylic acids is 1. The van der Waals surface area contributed by atoms with Gasteiger partial charge in [0, 0.05) is 55.2 Å². The zero-order valence-electron chi connectivity index (χ0n) is 22.5. The summed E-state index contributed by atoms with van der Waals surface area (Å²) in [7, 11) is 0. The van der Waals surface area contributed by atoms with Crippen LogP contribution in [0.3, 0.4) is 0 Å². The van der Waals surface area contributed by atoms with Gasteiger partial charge < -0.3 is 29.1 Å². The summed E-state index contributed by atoms with van der Waals surface area (Å²) >= 11 is 5.98. The third-order valence-corrected chi connectivity index (χ3v) is 7.64. The van der Waals surface area contributed by atoms with Gasteiger partial charge in [0.2, 0.25) is 0 Å². The van der Waals surface area contributed by atoms with Gasteiger partial charge in [0.25, 0.3) is 0 Å². The number of benzene rings is 3. The second-order valence-electron chi connectivity index (χ2n) is 10.2. The van der Waals surface area contributed by atoms with E-state index in [0.717, 1.165) is 24.3 Å². The number of hydrogen-bond donors (Lipinski definition) is 1. The number of halogens is 2. The van der Waals surface area contributed by atoms with Crippen molar-refractivity contribution in [3.05, 3.63) is 77.6 Å². The Morgan fingerprint density at radius 3 is 2.23 bits per heavy atom. The van der Waals surface area contributed by atoms with Gasteiger partial charge >= 0.3 is 5.97 Å². The van der Waals surface area contributed by atoms with Crippen LogP contribution in [0.1, 0.15) is 32.6 Å². The van der Waals surface area contributed by atoms with Crippen molar-refractivity contribution in [1.82, 2.24) is 0 Å². The molecule has 40 heavy (non-hydrogen) atoms. The smallest absolute Gasteiger partial charge is 0.305 e. The first-order valence-electron chi connectivity index (χ1n) is 13.7. The molecule has 2 fully saturated rings. The molecular formula is C31H34ClFN2O5. The van der Waals surface area contributed by atoms with Crippen molar-refractivity contribution in [2.45, 2.75) is 50.9 Å². The van der Waals surface area contributed by atoms with E-state index in [2.05, 4.69) is 4.90 Å². The van der Waals surface area contributed by atoms with Gasteiger partial charge in [0.15, 0.2) is 0 Å². The molecule has 0 aliphatic carbocycles. The number of ether oxygens (including phenoxy) is 3. The van der Waals surface area contributed by atoms with Crippen LogP contribution in [-0.2, 0) is 4.79 Å². The molecule has 2 saturated heterocycles. The van der Waals surface area contributed by atoms with Crippen LogP contribution in [0.5, 0.6) is 17.2 Å². The van der Waals surface area contributed by atoms with E-state index in [1.165, 1.54) is 6.07 Å². The molecule has 2 aliphatic rings. The van der Waals surface area contributed by atoms with Crippen molar-refractivity contribution >= 4 is 28.9 Å². The highest BCUT2D eigenvalue weighted by Crippen LogP contribution is 2.33. The zero-order chi connectivity index (χ0) is 28.1. The third-order valence-electron chi connectivity index (χ3n) is 7.39. The molecule has 2 atom stereocenters. The van der Waals surface area contributed by atoms with E-state index in [0.29, 0.717) is 54.9 Å². The van der Waals surface area contributed by atoms with E-state index in [1.54, 1.807) is 24.3 Å². The molecule has 2 aliphatic heterocycles. The Hall–Kier alpha value is -3.65. The molecule has 0 saturated carbocycles. The molecule has 0 bridgehead atoms. The zero-order valence-corrected chi connectivity index (χ0v) is 23.2. The van der Waals surface area contributed by atoms with E-state index in [-0.39, 0.29) is 30.5 Å². The number of hydrogen-bond acceptors (Lipinski definition) is 6. The first-order chi connectivity index (χ1) is 19.4. The minimum Gasteiger partial charge on any atom is -0.494 e. The summed E-state index contributed by atoms with van der Waals surface area (Å²) in [5.41, 5.74) is 1.49. The van der Waals surface area contributed by atoms with Crippen LogP contribution in [0.4, 0.5) is 15.8 Å². The number of rotatable bonds is 10. The van der Waals surface area contributed by atoms with Crippen molar-refractivity contribution < 1.29 is 28.5 Å². The van der Waals surface area contributed by atoms with Crippen molar-refractivity contribution in [3.8, 4) is 17.2 Å². The molecule has 0 unspecified atom stereocenters. The van der Waals surface area contributed by atoms with Crippen LogP contribution >= 0.6 is 11.6 Å². The van der Waals surface area contributed by atoms with Crippen LogP contribution in [-0.4, -0.2) is 55.6 Å². The Morgan fingerprint density at radius 2 is 1.57 bits per heavy atom. The Bertz CT molecular complexity index is 1280. The van der Waals surface area contributed by atoms with Gasteiger partial charge in [-0.15, -0.1) is 0 Å². The molecule has 9 heteroatoms. The Labute approximate surface area is 239 Å².